The SMILES string of the molecule is CC(C)=CCCC1CCc2cc(C=O)ccc2O1. The molecule has 0 radical (unpaired) electrons. The maximum absolute atomic E-state index is 10.7. The molecular weight excluding hydrogens is 224 g/mol. The largest absolute Gasteiger partial charge is 0.490 e. The van der Waals surface area contributed by atoms with Gasteiger partial charge in [0, 0.05) is 5.56 Å². The van der Waals surface area contributed by atoms with E-state index in [1.165, 1.54) is 5.57 Å². The Morgan fingerprint density at radius 2 is 2.28 bits per heavy atom. The van der Waals surface area contributed by atoms with E-state index in [2.05, 4.69) is 19.9 Å². The van der Waals surface area contributed by atoms with Crippen LogP contribution in [0.5, 0.6) is 5.75 Å². The summed E-state index contributed by atoms with van der Waals surface area (Å²) >= 11 is 0. The minimum absolute atomic E-state index is 0.315. The molecule has 1 aliphatic rings. The number of hydrogen-bond acceptors (Lipinski definition) is 2. The molecule has 1 aromatic carbocycles. The second-order valence-corrected chi connectivity index (χ2v) is 5.12. The van der Waals surface area contributed by atoms with Crippen LogP contribution in [0.1, 0.15) is 49.0 Å². The summed E-state index contributed by atoms with van der Waals surface area (Å²) in [7, 11) is 0. The van der Waals surface area contributed by atoms with Gasteiger partial charge in [0.15, 0.2) is 0 Å². The maximum atomic E-state index is 10.7. The Balaban J connectivity index is 1.97. The number of benzene rings is 1. The monoisotopic (exact) mass is 244 g/mol. The second-order valence-electron chi connectivity index (χ2n) is 5.12. The van der Waals surface area contributed by atoms with Crippen molar-refractivity contribution in [3.63, 3.8) is 0 Å². The average molecular weight is 244 g/mol. The number of aryl methyl sites for hydroxylation is 1. The molecular formula is C16H20O2. The third-order valence-electron chi connectivity index (χ3n) is 3.29. The Hall–Kier alpha value is -1.57. The topological polar surface area (TPSA) is 26.3 Å². The molecule has 2 heteroatoms. The first-order chi connectivity index (χ1) is 8.69. The van der Waals surface area contributed by atoms with Crippen molar-refractivity contribution in [3.8, 4) is 5.75 Å². The molecule has 1 aliphatic heterocycles. The summed E-state index contributed by atoms with van der Waals surface area (Å²) in [4.78, 5) is 10.7. The zero-order valence-corrected chi connectivity index (χ0v) is 11.1. The van der Waals surface area contributed by atoms with Crippen molar-refractivity contribution < 1.29 is 9.53 Å². The highest BCUT2D eigenvalue weighted by Gasteiger charge is 2.19. The molecule has 96 valence electrons. The lowest BCUT2D eigenvalue weighted by molar-refractivity contribution is 0.112. The molecule has 2 rings (SSSR count). The van der Waals surface area contributed by atoms with Gasteiger partial charge in [0.1, 0.15) is 12.0 Å². The van der Waals surface area contributed by atoms with Crippen molar-refractivity contribution in [1.29, 1.82) is 0 Å². The Morgan fingerprint density at radius 1 is 1.44 bits per heavy atom. The van der Waals surface area contributed by atoms with Gasteiger partial charge in [-0.05, 0) is 63.3 Å². The number of ether oxygens (including phenoxy) is 1. The molecule has 0 saturated heterocycles. The lowest BCUT2D eigenvalue weighted by atomic mass is 9.98. The fourth-order valence-electron chi connectivity index (χ4n) is 2.30. The van der Waals surface area contributed by atoms with Crippen LogP contribution in [-0.2, 0) is 6.42 Å². The summed E-state index contributed by atoms with van der Waals surface area (Å²) in [5, 5.41) is 0. The maximum Gasteiger partial charge on any atom is 0.150 e. The number of hydrogen-bond donors (Lipinski definition) is 0. The van der Waals surface area contributed by atoms with Crippen molar-refractivity contribution in [2.75, 3.05) is 0 Å². The van der Waals surface area contributed by atoms with Crippen LogP contribution in [0.15, 0.2) is 29.8 Å². The smallest absolute Gasteiger partial charge is 0.150 e. The summed E-state index contributed by atoms with van der Waals surface area (Å²) in [5.41, 5.74) is 3.26. The number of carbonyl (C=O) groups excluding carboxylic acids is 1. The van der Waals surface area contributed by atoms with E-state index in [1.54, 1.807) is 0 Å². The number of allylic oxidation sites excluding steroid dienone is 2. The Labute approximate surface area is 109 Å². The van der Waals surface area contributed by atoms with Crippen LogP contribution < -0.4 is 4.74 Å². The minimum atomic E-state index is 0.315. The highest BCUT2D eigenvalue weighted by atomic mass is 16.5. The van der Waals surface area contributed by atoms with E-state index in [0.29, 0.717) is 6.10 Å². The fraction of sp³-hybridized carbons (Fsp3) is 0.438. The van der Waals surface area contributed by atoms with Gasteiger partial charge in [-0.1, -0.05) is 11.6 Å². The lowest BCUT2D eigenvalue weighted by Crippen LogP contribution is -2.22. The molecule has 0 saturated carbocycles. The van der Waals surface area contributed by atoms with Gasteiger partial charge < -0.3 is 4.74 Å². The van der Waals surface area contributed by atoms with Crippen molar-refractivity contribution in [3.05, 3.63) is 41.0 Å². The summed E-state index contributed by atoms with van der Waals surface area (Å²) < 4.78 is 5.97. The molecule has 0 spiro atoms. The molecule has 0 aromatic heterocycles. The van der Waals surface area contributed by atoms with E-state index in [4.69, 9.17) is 4.74 Å². The van der Waals surface area contributed by atoms with Gasteiger partial charge in [-0.15, -0.1) is 0 Å². The van der Waals surface area contributed by atoms with Gasteiger partial charge in [-0.25, -0.2) is 0 Å². The Bertz CT molecular complexity index is 456. The molecule has 0 aliphatic carbocycles. The van der Waals surface area contributed by atoms with Crippen LogP contribution in [0.4, 0.5) is 0 Å². The first kappa shape index (κ1) is 12.9. The predicted molar refractivity (Wildman–Crippen MR) is 73.2 cm³/mol. The first-order valence-electron chi connectivity index (χ1n) is 6.57. The highest BCUT2D eigenvalue weighted by Crippen LogP contribution is 2.29. The van der Waals surface area contributed by atoms with Gasteiger partial charge in [-0.2, -0.15) is 0 Å². The van der Waals surface area contributed by atoms with Crippen LogP contribution in [0.25, 0.3) is 0 Å². The van der Waals surface area contributed by atoms with Gasteiger partial charge >= 0.3 is 0 Å². The molecule has 1 aromatic rings. The van der Waals surface area contributed by atoms with Crippen LogP contribution in [0.3, 0.4) is 0 Å². The van der Waals surface area contributed by atoms with Crippen molar-refractivity contribution in [2.24, 2.45) is 0 Å². The summed E-state index contributed by atoms with van der Waals surface area (Å²) in [6, 6.07) is 5.69. The quantitative estimate of drug-likeness (QED) is 0.592. The first-order valence-corrected chi connectivity index (χ1v) is 6.57. The van der Waals surface area contributed by atoms with E-state index < -0.39 is 0 Å². The van der Waals surface area contributed by atoms with Crippen LogP contribution in [0, 0.1) is 0 Å². The molecule has 1 atom stereocenters. The van der Waals surface area contributed by atoms with E-state index in [9.17, 15) is 4.79 Å². The lowest BCUT2D eigenvalue weighted by Gasteiger charge is -2.26. The predicted octanol–water partition coefficient (Wildman–Crippen LogP) is 3.94. The molecule has 0 N–H and O–H groups in total. The standard InChI is InChI=1S/C16H20O2/c1-12(2)4-3-5-15-8-7-14-10-13(11-17)6-9-16(14)18-15/h4,6,9-11,15H,3,5,7-8H2,1-2H3. The van der Waals surface area contributed by atoms with Crippen molar-refractivity contribution >= 4 is 6.29 Å². The second kappa shape index (κ2) is 5.85. The molecule has 0 amide bonds. The summed E-state index contributed by atoms with van der Waals surface area (Å²) in [6.45, 7) is 4.25. The Kier molecular flexibility index (Phi) is 4.19. The molecule has 2 nitrogen and oxygen atoms in total. The zero-order valence-electron chi connectivity index (χ0n) is 11.1. The van der Waals surface area contributed by atoms with Crippen molar-refractivity contribution in [2.45, 2.75) is 45.6 Å². The van der Waals surface area contributed by atoms with Gasteiger partial charge in [0.05, 0.1) is 6.10 Å². The molecule has 1 heterocycles. The Morgan fingerprint density at radius 3 is 3.00 bits per heavy atom. The zero-order chi connectivity index (χ0) is 13.0. The van der Waals surface area contributed by atoms with Crippen molar-refractivity contribution in [1.82, 2.24) is 0 Å². The van der Waals surface area contributed by atoms with Gasteiger partial charge in [0.25, 0.3) is 0 Å². The van der Waals surface area contributed by atoms with Gasteiger partial charge in [0.2, 0.25) is 0 Å². The van der Waals surface area contributed by atoms with E-state index in [0.717, 1.165) is 48.8 Å². The van der Waals surface area contributed by atoms with Crippen LogP contribution in [0.2, 0.25) is 0 Å². The number of carbonyl (C=O) groups is 1. The fourth-order valence-corrected chi connectivity index (χ4v) is 2.30. The normalized spacial score (nSPS) is 17.6. The average Bonchev–Trinajstić information content (AvgIpc) is 2.37. The summed E-state index contributed by atoms with van der Waals surface area (Å²) in [5.74, 6) is 0.953. The molecule has 18 heavy (non-hydrogen) atoms. The number of rotatable bonds is 4. The summed E-state index contributed by atoms with van der Waals surface area (Å²) in [6.07, 6.45) is 7.67. The third kappa shape index (κ3) is 3.22. The molecule has 0 fully saturated rings. The van der Waals surface area contributed by atoms with E-state index in [1.807, 2.05) is 18.2 Å². The minimum Gasteiger partial charge on any atom is -0.490 e. The molecule has 1 unspecified atom stereocenters. The number of aldehydes is 1. The number of fused-ring (bicyclic) bond motifs is 1. The third-order valence-corrected chi connectivity index (χ3v) is 3.29. The molecule has 0 bridgehead atoms. The van der Waals surface area contributed by atoms with Crippen LogP contribution in [-0.4, -0.2) is 12.4 Å². The van der Waals surface area contributed by atoms with E-state index >= 15 is 0 Å². The van der Waals surface area contributed by atoms with E-state index in [-0.39, 0.29) is 0 Å². The van der Waals surface area contributed by atoms with Crippen LogP contribution >= 0.6 is 0 Å². The van der Waals surface area contributed by atoms with Gasteiger partial charge in [-0.3, -0.25) is 4.79 Å². The highest BCUT2D eigenvalue weighted by molar-refractivity contribution is 5.75.